The van der Waals surface area contributed by atoms with Gasteiger partial charge in [0.1, 0.15) is 0 Å². The Morgan fingerprint density at radius 3 is 2.42 bits per heavy atom. The third kappa shape index (κ3) is 5.53. The summed E-state index contributed by atoms with van der Waals surface area (Å²) in [6, 6.07) is 10.2. The van der Waals surface area contributed by atoms with Gasteiger partial charge in [-0.05, 0) is 55.8 Å². The predicted octanol–water partition coefficient (Wildman–Crippen LogP) is 2.09. The Kier molecular flexibility index (Phi) is 6.81. The van der Waals surface area contributed by atoms with E-state index < -0.39 is 16.1 Å². The van der Waals surface area contributed by atoms with Crippen molar-refractivity contribution in [2.75, 3.05) is 18.7 Å². The number of likely N-dealkylation sites (N-methyl/N-ethyl adjacent to an activating group) is 1. The van der Waals surface area contributed by atoms with Crippen LogP contribution in [-0.4, -0.2) is 44.5 Å². The maximum absolute atomic E-state index is 12.9. The summed E-state index contributed by atoms with van der Waals surface area (Å²) in [6.45, 7) is 5.58. The molecule has 0 aromatic heterocycles. The number of nitrogens with zero attached hydrogens (tertiary/aromatic N) is 1. The molecular weight excluding hydrogens is 422 g/mol. The van der Waals surface area contributed by atoms with E-state index in [0.717, 1.165) is 5.56 Å². The van der Waals surface area contributed by atoms with E-state index in [4.69, 9.17) is 9.47 Å². The van der Waals surface area contributed by atoms with Crippen molar-refractivity contribution in [3.8, 4) is 11.5 Å². The number of rotatable bonds is 8. The highest BCUT2D eigenvalue weighted by molar-refractivity contribution is 7.89. The second kappa shape index (κ2) is 9.36. The van der Waals surface area contributed by atoms with Crippen LogP contribution in [0.2, 0.25) is 0 Å². The highest BCUT2D eigenvalue weighted by Gasteiger charge is 2.26. The zero-order valence-electron chi connectivity index (χ0n) is 17.5. The maximum Gasteiger partial charge on any atom is 0.241 e. The zero-order chi connectivity index (χ0) is 22.6. The fraction of sp³-hybridized carbons (Fsp3) is 0.333. The number of benzene rings is 2. The number of ether oxygens (including phenoxy) is 2. The molecule has 2 aromatic carbocycles. The minimum Gasteiger partial charge on any atom is -0.454 e. The topological polar surface area (TPSA) is 114 Å². The van der Waals surface area contributed by atoms with Crippen molar-refractivity contribution in [2.45, 2.75) is 38.3 Å². The SMILES string of the molecule is CCN(Cc1ccc2c(c1)OCO2)C(=O)[C@H](C)NS(=O)(=O)c1ccc(NC(C)=O)cc1. The van der Waals surface area contributed by atoms with Gasteiger partial charge in [-0.25, -0.2) is 8.42 Å². The third-order valence-electron chi connectivity index (χ3n) is 4.69. The van der Waals surface area contributed by atoms with Gasteiger partial charge in [-0.3, -0.25) is 9.59 Å². The molecule has 0 saturated heterocycles. The zero-order valence-corrected chi connectivity index (χ0v) is 18.4. The van der Waals surface area contributed by atoms with E-state index in [-0.39, 0.29) is 23.5 Å². The molecule has 10 heteroatoms. The average Bonchev–Trinajstić information content (AvgIpc) is 3.19. The molecule has 0 spiro atoms. The van der Waals surface area contributed by atoms with Crippen LogP contribution in [-0.2, 0) is 26.2 Å². The molecular formula is C21H25N3O6S. The number of carbonyl (C=O) groups is 2. The summed E-state index contributed by atoms with van der Waals surface area (Å²) in [5.74, 6) is 0.676. The van der Waals surface area contributed by atoms with Crippen LogP contribution in [0.1, 0.15) is 26.3 Å². The molecule has 3 rings (SSSR count). The average molecular weight is 448 g/mol. The first-order valence-corrected chi connectivity index (χ1v) is 11.2. The van der Waals surface area contributed by atoms with Gasteiger partial charge in [-0.2, -0.15) is 4.72 Å². The van der Waals surface area contributed by atoms with Crippen LogP contribution in [0, 0.1) is 0 Å². The molecule has 1 aliphatic rings. The molecule has 1 aliphatic heterocycles. The van der Waals surface area contributed by atoms with E-state index in [2.05, 4.69) is 10.0 Å². The quantitative estimate of drug-likeness (QED) is 0.641. The van der Waals surface area contributed by atoms with Gasteiger partial charge in [0.25, 0.3) is 0 Å². The number of amides is 2. The molecule has 0 aliphatic carbocycles. The van der Waals surface area contributed by atoms with Gasteiger partial charge in [0, 0.05) is 25.7 Å². The van der Waals surface area contributed by atoms with Crippen LogP contribution in [0.15, 0.2) is 47.4 Å². The second-order valence-electron chi connectivity index (χ2n) is 7.09. The highest BCUT2D eigenvalue weighted by Crippen LogP contribution is 2.32. The molecule has 2 N–H and O–H groups in total. The van der Waals surface area contributed by atoms with Crippen molar-refractivity contribution in [3.05, 3.63) is 48.0 Å². The Hall–Kier alpha value is -3.11. The van der Waals surface area contributed by atoms with Crippen LogP contribution in [0.5, 0.6) is 11.5 Å². The first-order chi connectivity index (χ1) is 14.7. The summed E-state index contributed by atoms with van der Waals surface area (Å²) in [5, 5.41) is 2.57. The van der Waals surface area contributed by atoms with E-state index in [0.29, 0.717) is 30.3 Å². The van der Waals surface area contributed by atoms with Crippen LogP contribution in [0.3, 0.4) is 0 Å². The van der Waals surface area contributed by atoms with Gasteiger partial charge >= 0.3 is 0 Å². The fourth-order valence-corrected chi connectivity index (χ4v) is 4.35. The molecule has 2 amide bonds. The summed E-state index contributed by atoms with van der Waals surface area (Å²) < 4.78 is 38.4. The number of anilines is 1. The largest absolute Gasteiger partial charge is 0.454 e. The Morgan fingerprint density at radius 2 is 1.77 bits per heavy atom. The minimum atomic E-state index is -3.92. The number of sulfonamides is 1. The predicted molar refractivity (Wildman–Crippen MR) is 114 cm³/mol. The normalized spacial score (nSPS) is 13.5. The van der Waals surface area contributed by atoms with Gasteiger partial charge in [0.15, 0.2) is 11.5 Å². The van der Waals surface area contributed by atoms with Crippen LogP contribution < -0.4 is 19.5 Å². The maximum atomic E-state index is 12.9. The summed E-state index contributed by atoms with van der Waals surface area (Å²) in [4.78, 5) is 25.5. The first-order valence-electron chi connectivity index (χ1n) is 9.77. The van der Waals surface area contributed by atoms with Crippen molar-refractivity contribution in [1.29, 1.82) is 0 Å². The monoisotopic (exact) mass is 447 g/mol. The molecule has 31 heavy (non-hydrogen) atoms. The number of nitrogens with one attached hydrogen (secondary N) is 2. The molecule has 1 heterocycles. The number of hydrogen-bond acceptors (Lipinski definition) is 6. The van der Waals surface area contributed by atoms with E-state index in [1.807, 2.05) is 19.1 Å². The third-order valence-corrected chi connectivity index (χ3v) is 6.25. The van der Waals surface area contributed by atoms with E-state index in [1.54, 1.807) is 11.0 Å². The minimum absolute atomic E-state index is 0.0000662. The summed E-state index contributed by atoms with van der Waals surface area (Å²) in [6.07, 6.45) is 0. The Labute approximate surface area is 181 Å². The lowest BCUT2D eigenvalue weighted by atomic mass is 10.1. The van der Waals surface area contributed by atoms with Gasteiger partial charge in [0.05, 0.1) is 10.9 Å². The van der Waals surface area contributed by atoms with Crippen LogP contribution in [0.25, 0.3) is 0 Å². The summed E-state index contributed by atoms with van der Waals surface area (Å²) in [5.41, 5.74) is 1.33. The van der Waals surface area contributed by atoms with E-state index >= 15 is 0 Å². The lowest BCUT2D eigenvalue weighted by Crippen LogP contribution is -2.46. The van der Waals surface area contributed by atoms with E-state index in [9.17, 15) is 18.0 Å². The summed E-state index contributed by atoms with van der Waals surface area (Å²) in [7, 11) is -3.92. The van der Waals surface area contributed by atoms with Gasteiger partial charge in [-0.1, -0.05) is 6.07 Å². The molecule has 0 unspecified atom stereocenters. The fourth-order valence-electron chi connectivity index (χ4n) is 3.15. The number of fused-ring (bicyclic) bond motifs is 1. The molecule has 9 nitrogen and oxygen atoms in total. The van der Waals surface area contributed by atoms with E-state index in [1.165, 1.54) is 38.1 Å². The number of carbonyl (C=O) groups excluding carboxylic acids is 2. The van der Waals surface area contributed by atoms with Gasteiger partial charge < -0.3 is 19.7 Å². The molecule has 0 radical (unpaired) electrons. The Balaban J connectivity index is 1.66. The molecule has 166 valence electrons. The second-order valence-corrected chi connectivity index (χ2v) is 8.80. The van der Waals surface area contributed by atoms with Crippen molar-refractivity contribution < 1.29 is 27.5 Å². The van der Waals surface area contributed by atoms with Crippen molar-refractivity contribution >= 4 is 27.5 Å². The molecule has 1 atom stereocenters. The van der Waals surface area contributed by atoms with Crippen molar-refractivity contribution in [1.82, 2.24) is 9.62 Å². The van der Waals surface area contributed by atoms with Crippen LogP contribution >= 0.6 is 0 Å². The van der Waals surface area contributed by atoms with Gasteiger partial charge in [-0.15, -0.1) is 0 Å². The lowest BCUT2D eigenvalue weighted by molar-refractivity contribution is -0.133. The smallest absolute Gasteiger partial charge is 0.241 e. The van der Waals surface area contributed by atoms with Crippen molar-refractivity contribution in [3.63, 3.8) is 0 Å². The first kappa shape index (κ1) is 22.6. The molecule has 2 aromatic rings. The molecule has 0 saturated carbocycles. The Morgan fingerprint density at radius 1 is 1.10 bits per heavy atom. The molecule has 0 fully saturated rings. The van der Waals surface area contributed by atoms with Gasteiger partial charge in [0.2, 0.25) is 28.6 Å². The standard InChI is InChI=1S/C21H25N3O6S/c1-4-24(12-16-5-10-19-20(11-16)30-13-29-19)21(26)14(2)23-31(27,28)18-8-6-17(7-9-18)22-15(3)25/h5-11,14,23H,4,12-13H2,1-3H3,(H,22,25)/t14-/m0/s1. The highest BCUT2D eigenvalue weighted by atomic mass is 32.2. The number of hydrogen-bond donors (Lipinski definition) is 2. The Bertz CT molecular complexity index is 1070. The summed E-state index contributed by atoms with van der Waals surface area (Å²) >= 11 is 0. The van der Waals surface area contributed by atoms with Crippen LogP contribution in [0.4, 0.5) is 5.69 Å². The van der Waals surface area contributed by atoms with Crippen molar-refractivity contribution in [2.24, 2.45) is 0 Å². The lowest BCUT2D eigenvalue weighted by Gasteiger charge is -2.25. The molecule has 0 bridgehead atoms.